The molecule has 0 radical (unpaired) electrons. The lowest BCUT2D eigenvalue weighted by Crippen LogP contribution is -2.49. The van der Waals surface area contributed by atoms with Crippen molar-refractivity contribution in [3.05, 3.63) is 51.7 Å². The topological polar surface area (TPSA) is 36.4 Å². The Morgan fingerprint density at radius 1 is 1.26 bits per heavy atom. The van der Waals surface area contributed by atoms with Gasteiger partial charge >= 0.3 is 0 Å². The molecule has 1 saturated heterocycles. The van der Waals surface area contributed by atoms with Crippen LogP contribution in [0.5, 0.6) is 0 Å². The van der Waals surface area contributed by atoms with Crippen molar-refractivity contribution in [2.75, 3.05) is 26.2 Å². The van der Waals surface area contributed by atoms with Crippen molar-refractivity contribution in [1.82, 2.24) is 14.8 Å². The van der Waals surface area contributed by atoms with Gasteiger partial charge in [-0.2, -0.15) is 0 Å². The van der Waals surface area contributed by atoms with Crippen molar-refractivity contribution in [3.63, 3.8) is 0 Å². The number of hydrogen-bond donors (Lipinski definition) is 0. The molecule has 0 N–H and O–H groups in total. The second-order valence-corrected chi connectivity index (χ2v) is 6.84. The van der Waals surface area contributed by atoms with E-state index in [4.69, 9.17) is 0 Å². The molecule has 6 heteroatoms. The number of aromatic nitrogens is 1. The van der Waals surface area contributed by atoms with Crippen molar-refractivity contribution < 1.29 is 9.18 Å². The van der Waals surface area contributed by atoms with Crippen molar-refractivity contribution in [2.24, 2.45) is 0 Å². The van der Waals surface area contributed by atoms with Gasteiger partial charge in [-0.25, -0.2) is 9.37 Å². The van der Waals surface area contributed by atoms with Crippen molar-refractivity contribution in [1.29, 1.82) is 0 Å². The van der Waals surface area contributed by atoms with Gasteiger partial charge in [0.25, 0.3) is 5.91 Å². The number of aryl methyl sites for hydroxylation is 1. The van der Waals surface area contributed by atoms with Crippen LogP contribution in [-0.2, 0) is 0 Å². The van der Waals surface area contributed by atoms with Crippen LogP contribution in [0.2, 0.25) is 0 Å². The summed E-state index contributed by atoms with van der Waals surface area (Å²) in [5, 5.41) is 2.71. The third-order valence-electron chi connectivity index (χ3n) is 4.34. The van der Waals surface area contributed by atoms with Crippen LogP contribution in [0.15, 0.2) is 29.6 Å². The maximum atomic E-state index is 13.9. The van der Waals surface area contributed by atoms with Crippen LogP contribution in [0, 0.1) is 12.7 Å². The number of amides is 1. The zero-order valence-electron chi connectivity index (χ0n) is 13.3. The fraction of sp³-hybridized carbons (Fsp3) is 0.412. The first-order valence-electron chi connectivity index (χ1n) is 7.76. The molecule has 1 fully saturated rings. The number of halogens is 1. The lowest BCUT2D eigenvalue weighted by Gasteiger charge is -2.38. The number of thiazole rings is 1. The van der Waals surface area contributed by atoms with Crippen LogP contribution in [0.1, 0.15) is 34.0 Å². The summed E-state index contributed by atoms with van der Waals surface area (Å²) in [6.07, 6.45) is 0. The zero-order valence-corrected chi connectivity index (χ0v) is 14.1. The van der Waals surface area contributed by atoms with Gasteiger partial charge in [0.2, 0.25) is 0 Å². The molecule has 122 valence electrons. The molecule has 1 amide bonds. The maximum absolute atomic E-state index is 13.9. The molecule has 0 unspecified atom stereocenters. The lowest BCUT2D eigenvalue weighted by atomic mass is 10.1. The van der Waals surface area contributed by atoms with Crippen LogP contribution < -0.4 is 0 Å². The van der Waals surface area contributed by atoms with Crippen LogP contribution in [-0.4, -0.2) is 46.9 Å². The van der Waals surface area contributed by atoms with Crippen molar-refractivity contribution in [3.8, 4) is 0 Å². The molecule has 0 spiro atoms. The van der Waals surface area contributed by atoms with Gasteiger partial charge < -0.3 is 4.90 Å². The predicted molar refractivity (Wildman–Crippen MR) is 89.1 cm³/mol. The second kappa shape index (κ2) is 6.76. The minimum absolute atomic E-state index is 0.00690. The number of hydrogen-bond acceptors (Lipinski definition) is 4. The summed E-state index contributed by atoms with van der Waals surface area (Å²) in [4.78, 5) is 20.7. The summed E-state index contributed by atoms with van der Waals surface area (Å²) in [7, 11) is 0. The average Bonchev–Trinajstić information content (AvgIpc) is 3.01. The molecule has 1 aliphatic heterocycles. The van der Waals surface area contributed by atoms with E-state index in [1.54, 1.807) is 6.07 Å². The van der Waals surface area contributed by atoms with E-state index in [0.29, 0.717) is 24.3 Å². The van der Waals surface area contributed by atoms with E-state index in [2.05, 4.69) is 9.88 Å². The first-order valence-corrected chi connectivity index (χ1v) is 8.64. The lowest BCUT2D eigenvalue weighted by molar-refractivity contribution is 0.0574. The molecule has 0 saturated carbocycles. The minimum Gasteiger partial charge on any atom is -0.335 e. The van der Waals surface area contributed by atoms with Crippen LogP contribution >= 0.6 is 11.3 Å². The third-order valence-corrected chi connectivity index (χ3v) is 5.12. The normalized spacial score (nSPS) is 17.3. The van der Waals surface area contributed by atoms with Gasteiger partial charge in [-0.15, -0.1) is 11.3 Å². The monoisotopic (exact) mass is 333 g/mol. The van der Waals surface area contributed by atoms with E-state index in [9.17, 15) is 9.18 Å². The highest BCUT2D eigenvalue weighted by Gasteiger charge is 2.27. The zero-order chi connectivity index (χ0) is 16.4. The van der Waals surface area contributed by atoms with Gasteiger partial charge in [-0.05, 0) is 19.9 Å². The number of carbonyl (C=O) groups is 1. The molecule has 3 rings (SSSR count). The third kappa shape index (κ3) is 3.43. The van der Waals surface area contributed by atoms with Gasteiger partial charge in [0.05, 0.1) is 5.01 Å². The highest BCUT2D eigenvalue weighted by Crippen LogP contribution is 2.24. The summed E-state index contributed by atoms with van der Waals surface area (Å²) < 4.78 is 13.9. The van der Waals surface area contributed by atoms with E-state index in [0.717, 1.165) is 18.1 Å². The summed E-state index contributed by atoms with van der Waals surface area (Å²) in [5.41, 5.74) is 1.24. The molecule has 23 heavy (non-hydrogen) atoms. The van der Waals surface area contributed by atoms with E-state index in [1.807, 2.05) is 36.3 Å². The Labute approximate surface area is 139 Å². The van der Waals surface area contributed by atoms with Crippen LogP contribution in [0.4, 0.5) is 4.39 Å². The second-order valence-electron chi connectivity index (χ2n) is 5.78. The van der Waals surface area contributed by atoms with E-state index in [-0.39, 0.29) is 17.8 Å². The Hall–Kier alpha value is -1.79. The van der Waals surface area contributed by atoms with Gasteiger partial charge in [-0.3, -0.25) is 9.69 Å². The van der Waals surface area contributed by atoms with Gasteiger partial charge in [-0.1, -0.05) is 18.2 Å². The standard InChI is InChI=1S/C17H20FN3OS/c1-12(14-5-3-4-6-15(14)18)20-7-9-21(10-8-20)17(22)16-11-23-13(2)19-16/h3-6,11-12H,7-10H2,1-2H3/t12-/m0/s1. The Bertz CT molecular complexity index is 695. The smallest absolute Gasteiger partial charge is 0.273 e. The number of benzene rings is 1. The van der Waals surface area contributed by atoms with Crippen LogP contribution in [0.25, 0.3) is 0 Å². The molecule has 2 aromatic rings. The highest BCUT2D eigenvalue weighted by atomic mass is 32.1. The molecule has 0 aliphatic carbocycles. The maximum Gasteiger partial charge on any atom is 0.273 e. The summed E-state index contributed by atoms with van der Waals surface area (Å²) >= 11 is 1.49. The first-order chi connectivity index (χ1) is 11.1. The Balaban J connectivity index is 1.62. The summed E-state index contributed by atoms with van der Waals surface area (Å²) in [6.45, 7) is 6.69. The summed E-state index contributed by atoms with van der Waals surface area (Å²) in [6, 6.07) is 6.90. The molecule has 1 atom stereocenters. The fourth-order valence-electron chi connectivity index (χ4n) is 2.95. The molecular weight excluding hydrogens is 313 g/mol. The predicted octanol–water partition coefficient (Wildman–Crippen LogP) is 3.11. The number of piperazine rings is 1. The van der Waals surface area contributed by atoms with E-state index in [1.165, 1.54) is 17.4 Å². The molecule has 1 aromatic heterocycles. The van der Waals surface area contributed by atoms with Crippen LogP contribution in [0.3, 0.4) is 0 Å². The molecule has 1 aliphatic rings. The molecule has 4 nitrogen and oxygen atoms in total. The number of rotatable bonds is 3. The first kappa shape index (κ1) is 16.1. The molecular formula is C17H20FN3OS. The molecule has 2 heterocycles. The number of carbonyl (C=O) groups excluding carboxylic acids is 1. The van der Waals surface area contributed by atoms with Gasteiger partial charge in [0.15, 0.2) is 0 Å². The summed E-state index contributed by atoms with van der Waals surface area (Å²) in [5.74, 6) is -0.177. The SMILES string of the molecule is Cc1nc(C(=O)N2CCN([C@@H](C)c3ccccc3F)CC2)cs1. The van der Waals surface area contributed by atoms with E-state index >= 15 is 0 Å². The van der Waals surface area contributed by atoms with Crippen molar-refractivity contribution >= 4 is 17.2 Å². The van der Waals surface area contributed by atoms with E-state index < -0.39 is 0 Å². The molecule has 1 aromatic carbocycles. The Morgan fingerprint density at radius 3 is 2.57 bits per heavy atom. The highest BCUT2D eigenvalue weighted by molar-refractivity contribution is 7.09. The fourth-order valence-corrected chi connectivity index (χ4v) is 3.53. The number of nitrogens with zero attached hydrogens (tertiary/aromatic N) is 3. The minimum atomic E-state index is -0.170. The average molecular weight is 333 g/mol. The van der Waals surface area contributed by atoms with Gasteiger partial charge in [0, 0.05) is 43.2 Å². The Morgan fingerprint density at radius 2 is 1.96 bits per heavy atom. The van der Waals surface area contributed by atoms with Crippen molar-refractivity contribution in [2.45, 2.75) is 19.9 Å². The molecule has 0 bridgehead atoms. The quantitative estimate of drug-likeness (QED) is 0.866. The van der Waals surface area contributed by atoms with Gasteiger partial charge in [0.1, 0.15) is 11.5 Å². The largest absolute Gasteiger partial charge is 0.335 e. The Kier molecular flexibility index (Phi) is 4.73.